The molecule has 16 heavy (non-hydrogen) atoms. The molecule has 1 N–H and O–H groups in total. The average molecular weight is 287 g/mol. The van der Waals surface area contributed by atoms with Crippen molar-refractivity contribution in [3.63, 3.8) is 0 Å². The van der Waals surface area contributed by atoms with Crippen molar-refractivity contribution in [2.24, 2.45) is 0 Å². The van der Waals surface area contributed by atoms with Crippen LogP contribution in [0.15, 0.2) is 17.0 Å². The van der Waals surface area contributed by atoms with E-state index in [1.165, 1.54) is 6.42 Å². The van der Waals surface area contributed by atoms with E-state index in [0.717, 1.165) is 36.6 Å². The molecule has 1 aromatic heterocycles. The van der Waals surface area contributed by atoms with E-state index in [1.807, 2.05) is 6.07 Å². The van der Waals surface area contributed by atoms with E-state index in [0.29, 0.717) is 0 Å². The van der Waals surface area contributed by atoms with E-state index < -0.39 is 0 Å². The summed E-state index contributed by atoms with van der Waals surface area (Å²) in [6, 6.07) is 1.89. The van der Waals surface area contributed by atoms with Crippen LogP contribution in [-0.4, -0.2) is 41.0 Å². The van der Waals surface area contributed by atoms with Gasteiger partial charge < -0.3 is 10.2 Å². The van der Waals surface area contributed by atoms with E-state index in [4.69, 9.17) is 0 Å². The lowest BCUT2D eigenvalue weighted by atomic mass is 10.4. The lowest BCUT2D eigenvalue weighted by molar-refractivity contribution is 0.300. The summed E-state index contributed by atoms with van der Waals surface area (Å²) in [6.07, 6.45) is 2.75. The highest BCUT2D eigenvalue weighted by atomic mass is 79.9. The lowest BCUT2D eigenvalue weighted by Gasteiger charge is -2.19. The first-order chi connectivity index (χ1) is 7.76. The zero-order valence-electron chi connectivity index (χ0n) is 9.91. The number of aromatic nitrogens is 2. The highest BCUT2D eigenvalue weighted by molar-refractivity contribution is 9.10. The van der Waals surface area contributed by atoms with Gasteiger partial charge in [0, 0.05) is 19.2 Å². The third kappa shape index (κ3) is 4.90. The van der Waals surface area contributed by atoms with Crippen LogP contribution >= 0.6 is 15.9 Å². The van der Waals surface area contributed by atoms with Crippen LogP contribution in [0.1, 0.15) is 20.3 Å². The normalized spacial score (nSPS) is 10.8. The van der Waals surface area contributed by atoms with Gasteiger partial charge in [0.15, 0.2) is 0 Å². The van der Waals surface area contributed by atoms with Gasteiger partial charge in [-0.05, 0) is 35.4 Å². The monoisotopic (exact) mass is 286 g/mol. The van der Waals surface area contributed by atoms with E-state index in [-0.39, 0.29) is 0 Å². The Kier molecular flexibility index (Phi) is 6.33. The van der Waals surface area contributed by atoms with E-state index in [1.54, 1.807) is 6.33 Å². The fourth-order valence-electron chi connectivity index (χ4n) is 1.52. The van der Waals surface area contributed by atoms with Gasteiger partial charge in [0.2, 0.25) is 0 Å². The number of rotatable bonds is 7. The molecule has 0 spiro atoms. The maximum absolute atomic E-state index is 4.14. The molecule has 1 rings (SSSR count). The van der Waals surface area contributed by atoms with Gasteiger partial charge in [0.1, 0.15) is 16.7 Å². The Morgan fingerprint density at radius 3 is 2.75 bits per heavy atom. The molecule has 0 fully saturated rings. The maximum atomic E-state index is 4.14. The Morgan fingerprint density at radius 2 is 2.12 bits per heavy atom. The number of likely N-dealkylation sites (N-methyl/N-ethyl adjacent to an activating group) is 1. The molecule has 0 aromatic carbocycles. The standard InChI is InChI=1S/C11H19BrN4/c1-3-6-16(4-2)7-5-13-11-8-10(12)14-9-15-11/h8-9H,3-7H2,1-2H3,(H,13,14,15). The van der Waals surface area contributed by atoms with Crippen LogP contribution in [0.5, 0.6) is 0 Å². The van der Waals surface area contributed by atoms with Gasteiger partial charge in [0.25, 0.3) is 0 Å². The van der Waals surface area contributed by atoms with Crippen molar-refractivity contribution in [3.05, 3.63) is 17.0 Å². The number of halogens is 1. The fourth-order valence-corrected chi connectivity index (χ4v) is 1.82. The van der Waals surface area contributed by atoms with Crippen molar-refractivity contribution in [1.82, 2.24) is 14.9 Å². The van der Waals surface area contributed by atoms with Crippen LogP contribution in [0.4, 0.5) is 5.82 Å². The number of hydrogen-bond donors (Lipinski definition) is 1. The number of hydrogen-bond acceptors (Lipinski definition) is 4. The predicted molar refractivity (Wildman–Crippen MR) is 70.6 cm³/mol. The second-order valence-corrected chi connectivity index (χ2v) is 4.40. The summed E-state index contributed by atoms with van der Waals surface area (Å²) >= 11 is 3.32. The van der Waals surface area contributed by atoms with Gasteiger partial charge in [-0.2, -0.15) is 0 Å². The number of nitrogens with zero attached hydrogens (tertiary/aromatic N) is 3. The molecule has 0 atom stereocenters. The molecule has 1 aromatic rings. The molecule has 4 nitrogen and oxygen atoms in total. The number of anilines is 1. The van der Waals surface area contributed by atoms with E-state index in [9.17, 15) is 0 Å². The first kappa shape index (κ1) is 13.4. The molecule has 0 amide bonds. The number of nitrogens with one attached hydrogen (secondary N) is 1. The van der Waals surface area contributed by atoms with Crippen LogP contribution in [0.2, 0.25) is 0 Å². The van der Waals surface area contributed by atoms with Crippen LogP contribution < -0.4 is 5.32 Å². The molecule has 0 bridgehead atoms. The lowest BCUT2D eigenvalue weighted by Crippen LogP contribution is -2.29. The largest absolute Gasteiger partial charge is 0.369 e. The summed E-state index contributed by atoms with van der Waals surface area (Å²) in [5.41, 5.74) is 0. The quantitative estimate of drug-likeness (QED) is 0.782. The summed E-state index contributed by atoms with van der Waals surface area (Å²) in [4.78, 5) is 10.5. The minimum Gasteiger partial charge on any atom is -0.369 e. The first-order valence-electron chi connectivity index (χ1n) is 5.70. The van der Waals surface area contributed by atoms with Crippen molar-refractivity contribution in [2.45, 2.75) is 20.3 Å². The van der Waals surface area contributed by atoms with Crippen molar-refractivity contribution in [3.8, 4) is 0 Å². The van der Waals surface area contributed by atoms with Crippen molar-refractivity contribution >= 4 is 21.7 Å². The molecule has 90 valence electrons. The molecule has 0 aliphatic rings. The minimum atomic E-state index is 0.811. The summed E-state index contributed by atoms with van der Waals surface area (Å²) in [7, 11) is 0. The molecule has 5 heteroatoms. The highest BCUT2D eigenvalue weighted by Gasteiger charge is 2.00. The van der Waals surface area contributed by atoms with Crippen LogP contribution in [0.25, 0.3) is 0 Å². The van der Waals surface area contributed by atoms with Crippen LogP contribution in [0.3, 0.4) is 0 Å². The predicted octanol–water partition coefficient (Wildman–Crippen LogP) is 2.38. The topological polar surface area (TPSA) is 41.0 Å². The second-order valence-electron chi connectivity index (χ2n) is 3.59. The first-order valence-corrected chi connectivity index (χ1v) is 6.49. The average Bonchev–Trinajstić information content (AvgIpc) is 2.28. The summed E-state index contributed by atoms with van der Waals surface area (Å²) in [5.74, 6) is 0.870. The van der Waals surface area contributed by atoms with Crippen LogP contribution in [-0.2, 0) is 0 Å². The Hall–Kier alpha value is -0.680. The summed E-state index contributed by atoms with van der Waals surface area (Å²) in [6.45, 7) is 8.62. The van der Waals surface area contributed by atoms with Gasteiger partial charge in [-0.3, -0.25) is 0 Å². The Bertz CT molecular complexity index is 306. The van der Waals surface area contributed by atoms with Gasteiger partial charge >= 0.3 is 0 Å². The molecule has 0 unspecified atom stereocenters. The smallest absolute Gasteiger partial charge is 0.130 e. The molecular formula is C11H19BrN4. The molecule has 0 aliphatic carbocycles. The summed E-state index contributed by atoms with van der Waals surface area (Å²) in [5, 5.41) is 3.29. The Morgan fingerprint density at radius 1 is 1.31 bits per heavy atom. The van der Waals surface area contributed by atoms with Gasteiger partial charge in [-0.15, -0.1) is 0 Å². The van der Waals surface area contributed by atoms with Crippen molar-refractivity contribution < 1.29 is 0 Å². The molecule has 0 aliphatic heterocycles. The maximum Gasteiger partial charge on any atom is 0.130 e. The molecule has 1 heterocycles. The second kappa shape index (κ2) is 7.57. The molecule has 0 saturated carbocycles. The minimum absolute atomic E-state index is 0.811. The zero-order chi connectivity index (χ0) is 11.8. The highest BCUT2D eigenvalue weighted by Crippen LogP contribution is 2.08. The van der Waals surface area contributed by atoms with E-state index >= 15 is 0 Å². The van der Waals surface area contributed by atoms with Crippen molar-refractivity contribution in [1.29, 1.82) is 0 Å². The summed E-state index contributed by atoms with van der Waals surface area (Å²) < 4.78 is 0.811. The Labute approximate surface area is 106 Å². The van der Waals surface area contributed by atoms with Gasteiger partial charge in [-0.25, -0.2) is 9.97 Å². The fraction of sp³-hybridized carbons (Fsp3) is 0.636. The van der Waals surface area contributed by atoms with Gasteiger partial charge in [0.05, 0.1) is 0 Å². The van der Waals surface area contributed by atoms with E-state index in [2.05, 4.69) is 50.0 Å². The van der Waals surface area contributed by atoms with Gasteiger partial charge in [-0.1, -0.05) is 13.8 Å². The van der Waals surface area contributed by atoms with Crippen LogP contribution in [0, 0.1) is 0 Å². The van der Waals surface area contributed by atoms with Crippen molar-refractivity contribution in [2.75, 3.05) is 31.5 Å². The SMILES string of the molecule is CCCN(CC)CCNc1cc(Br)ncn1. The molecule has 0 saturated heterocycles. The third-order valence-electron chi connectivity index (χ3n) is 2.35. The molecular weight excluding hydrogens is 268 g/mol. The molecule has 0 radical (unpaired) electrons. The zero-order valence-corrected chi connectivity index (χ0v) is 11.5. The Balaban J connectivity index is 2.29. The third-order valence-corrected chi connectivity index (χ3v) is 2.79.